The van der Waals surface area contributed by atoms with Gasteiger partial charge in [-0.15, -0.1) is 0 Å². The van der Waals surface area contributed by atoms with Crippen LogP contribution in [0.1, 0.15) is 17.3 Å². The second-order valence-electron chi connectivity index (χ2n) is 4.29. The Hall–Kier alpha value is -2.89. The summed E-state index contributed by atoms with van der Waals surface area (Å²) in [5.74, 6) is -3.06. The number of nitrogens with one attached hydrogen (secondary N) is 1. The number of pyridine rings is 1. The molecule has 9 nitrogen and oxygen atoms in total. The van der Waals surface area contributed by atoms with Gasteiger partial charge in [-0.25, -0.2) is 14.6 Å². The summed E-state index contributed by atoms with van der Waals surface area (Å²) in [6.45, 7) is -0.676. The van der Waals surface area contributed by atoms with Crippen molar-refractivity contribution >= 4 is 18.0 Å². The lowest BCUT2D eigenvalue weighted by atomic mass is 10.3. The number of esters is 1. The van der Waals surface area contributed by atoms with E-state index in [-0.39, 0.29) is 12.2 Å². The quantitative estimate of drug-likeness (QED) is 0.707. The Morgan fingerprint density at radius 2 is 2.00 bits per heavy atom. The number of ether oxygens (including phenoxy) is 3. The van der Waals surface area contributed by atoms with E-state index in [4.69, 9.17) is 5.73 Å². The number of halogens is 3. The smallest absolute Gasteiger partial charge is 0.422 e. The van der Waals surface area contributed by atoms with Crippen LogP contribution in [0.15, 0.2) is 12.3 Å². The third-order valence-corrected chi connectivity index (χ3v) is 2.34. The number of aromatic nitrogens is 1. The standard InChI is InChI=1S/C13H14F3N3O6/c1-2-23-11(21)7-3-8(24-6-13(14,15)16)10(18-5-7)25-12(22)19-9(20)4-17/h3,5H,2,4,6,17H2,1H3,(H,19,20,22). The maximum atomic E-state index is 12.3. The van der Waals surface area contributed by atoms with Gasteiger partial charge in [0.15, 0.2) is 12.4 Å². The summed E-state index contributed by atoms with van der Waals surface area (Å²) in [5.41, 5.74) is 4.77. The fourth-order valence-corrected chi connectivity index (χ4v) is 1.38. The van der Waals surface area contributed by atoms with Gasteiger partial charge in [-0.2, -0.15) is 13.2 Å². The van der Waals surface area contributed by atoms with Gasteiger partial charge in [0, 0.05) is 12.3 Å². The molecule has 138 valence electrons. The highest BCUT2D eigenvalue weighted by atomic mass is 19.4. The van der Waals surface area contributed by atoms with Gasteiger partial charge in [0.25, 0.3) is 5.88 Å². The molecule has 25 heavy (non-hydrogen) atoms. The lowest BCUT2D eigenvalue weighted by molar-refractivity contribution is -0.153. The number of rotatable bonds is 6. The Balaban J connectivity index is 3.02. The molecule has 3 N–H and O–H groups in total. The van der Waals surface area contributed by atoms with Crippen LogP contribution in [0.25, 0.3) is 0 Å². The SMILES string of the molecule is CCOC(=O)c1cnc(OC(=O)NC(=O)CN)c(OCC(F)(F)F)c1. The van der Waals surface area contributed by atoms with Gasteiger partial charge in [-0.1, -0.05) is 0 Å². The molecule has 0 radical (unpaired) electrons. The van der Waals surface area contributed by atoms with Crippen molar-refractivity contribution in [3.05, 3.63) is 17.8 Å². The predicted molar refractivity (Wildman–Crippen MR) is 75.0 cm³/mol. The van der Waals surface area contributed by atoms with E-state index in [1.807, 2.05) is 0 Å². The number of hydrogen-bond acceptors (Lipinski definition) is 8. The Kier molecular flexibility index (Phi) is 7.11. The fraction of sp³-hybridized carbons (Fsp3) is 0.385. The van der Waals surface area contributed by atoms with Crippen LogP contribution in [0.5, 0.6) is 11.6 Å². The van der Waals surface area contributed by atoms with Crippen LogP contribution >= 0.6 is 0 Å². The molecule has 0 spiro atoms. The van der Waals surface area contributed by atoms with E-state index in [2.05, 4.69) is 19.2 Å². The Morgan fingerprint density at radius 3 is 2.56 bits per heavy atom. The first-order valence-corrected chi connectivity index (χ1v) is 6.74. The van der Waals surface area contributed by atoms with E-state index < -0.39 is 48.9 Å². The Bertz CT molecular complexity index is 650. The largest absolute Gasteiger partial charge is 0.478 e. The predicted octanol–water partition coefficient (Wildman–Crippen LogP) is 0.773. The summed E-state index contributed by atoms with van der Waals surface area (Å²) < 4.78 is 50.7. The number of imide groups is 1. The maximum absolute atomic E-state index is 12.3. The highest BCUT2D eigenvalue weighted by Crippen LogP contribution is 2.28. The first-order valence-electron chi connectivity index (χ1n) is 6.74. The zero-order valence-electron chi connectivity index (χ0n) is 12.9. The number of nitrogens with two attached hydrogens (primary N) is 1. The van der Waals surface area contributed by atoms with Crippen molar-refractivity contribution in [1.82, 2.24) is 10.3 Å². The van der Waals surface area contributed by atoms with Crippen LogP contribution in [0.3, 0.4) is 0 Å². The molecular formula is C13H14F3N3O6. The summed E-state index contributed by atoms with van der Waals surface area (Å²) >= 11 is 0. The molecule has 1 aromatic rings. The van der Waals surface area contributed by atoms with E-state index in [0.29, 0.717) is 0 Å². The molecule has 1 heterocycles. The van der Waals surface area contributed by atoms with E-state index in [0.717, 1.165) is 12.3 Å². The van der Waals surface area contributed by atoms with E-state index in [1.165, 1.54) is 6.92 Å². The second kappa shape index (κ2) is 8.82. The van der Waals surface area contributed by atoms with Crippen LogP contribution in [-0.4, -0.2) is 48.9 Å². The molecule has 0 aliphatic heterocycles. The zero-order valence-corrected chi connectivity index (χ0v) is 12.9. The lowest BCUT2D eigenvalue weighted by Gasteiger charge is -2.13. The van der Waals surface area contributed by atoms with Crippen LogP contribution in [0.4, 0.5) is 18.0 Å². The summed E-state index contributed by atoms with van der Waals surface area (Å²) in [6.07, 6.45) is -5.11. The van der Waals surface area contributed by atoms with Crippen LogP contribution in [0.2, 0.25) is 0 Å². The number of alkyl halides is 3. The summed E-state index contributed by atoms with van der Waals surface area (Å²) in [5, 5.41) is 1.70. The van der Waals surface area contributed by atoms with Gasteiger partial charge in [-0.3, -0.25) is 10.1 Å². The van der Waals surface area contributed by atoms with Crippen molar-refractivity contribution in [3.8, 4) is 11.6 Å². The molecule has 0 bridgehead atoms. The van der Waals surface area contributed by atoms with Gasteiger partial charge in [0.1, 0.15) is 0 Å². The molecular weight excluding hydrogens is 351 g/mol. The highest BCUT2D eigenvalue weighted by Gasteiger charge is 2.30. The number of amides is 2. The molecule has 0 aliphatic rings. The van der Waals surface area contributed by atoms with Gasteiger partial charge < -0.3 is 19.9 Å². The molecule has 0 unspecified atom stereocenters. The van der Waals surface area contributed by atoms with Crippen LogP contribution in [0, 0.1) is 0 Å². The van der Waals surface area contributed by atoms with E-state index in [1.54, 1.807) is 5.32 Å². The summed E-state index contributed by atoms with van der Waals surface area (Å²) in [4.78, 5) is 37.5. The molecule has 0 saturated heterocycles. The monoisotopic (exact) mass is 365 g/mol. The Morgan fingerprint density at radius 1 is 1.32 bits per heavy atom. The average Bonchev–Trinajstić information content (AvgIpc) is 2.53. The first kappa shape index (κ1) is 20.2. The van der Waals surface area contributed by atoms with Gasteiger partial charge in [0.2, 0.25) is 5.91 Å². The van der Waals surface area contributed by atoms with E-state index in [9.17, 15) is 27.6 Å². The minimum Gasteiger partial charge on any atom is -0.478 e. The number of nitrogens with zero attached hydrogens (tertiary/aromatic N) is 1. The first-order chi connectivity index (χ1) is 11.7. The zero-order chi connectivity index (χ0) is 19.0. The second-order valence-corrected chi connectivity index (χ2v) is 4.29. The van der Waals surface area contributed by atoms with Crippen LogP contribution < -0.4 is 20.5 Å². The topological polar surface area (TPSA) is 130 Å². The third-order valence-electron chi connectivity index (χ3n) is 2.34. The summed E-state index contributed by atoms with van der Waals surface area (Å²) in [6, 6.07) is 0.865. The molecule has 1 rings (SSSR count). The molecule has 0 fully saturated rings. The lowest BCUT2D eigenvalue weighted by Crippen LogP contribution is -2.37. The van der Waals surface area contributed by atoms with E-state index >= 15 is 0 Å². The number of hydrogen-bond donors (Lipinski definition) is 2. The number of carbonyl (C=O) groups is 3. The molecule has 0 atom stereocenters. The minimum atomic E-state index is -4.69. The third kappa shape index (κ3) is 7.03. The molecule has 1 aromatic heterocycles. The van der Waals surface area contributed by atoms with Crippen molar-refractivity contribution < 1.29 is 41.8 Å². The number of carbonyl (C=O) groups excluding carboxylic acids is 3. The normalized spacial score (nSPS) is 10.8. The van der Waals surface area contributed by atoms with Crippen molar-refractivity contribution in [2.75, 3.05) is 19.8 Å². The Labute approximate surface area is 139 Å². The molecule has 12 heteroatoms. The maximum Gasteiger partial charge on any atom is 0.422 e. The highest BCUT2D eigenvalue weighted by molar-refractivity contribution is 5.93. The van der Waals surface area contributed by atoms with Gasteiger partial charge in [0.05, 0.1) is 18.7 Å². The average molecular weight is 365 g/mol. The summed E-state index contributed by atoms with van der Waals surface area (Å²) in [7, 11) is 0. The van der Waals surface area contributed by atoms with Crippen molar-refractivity contribution in [3.63, 3.8) is 0 Å². The minimum absolute atomic E-state index is 0.0272. The molecule has 0 aromatic carbocycles. The van der Waals surface area contributed by atoms with Gasteiger partial charge >= 0.3 is 18.2 Å². The van der Waals surface area contributed by atoms with Crippen molar-refractivity contribution in [2.24, 2.45) is 5.73 Å². The molecule has 2 amide bonds. The molecule has 0 saturated carbocycles. The van der Waals surface area contributed by atoms with Gasteiger partial charge in [-0.05, 0) is 6.92 Å². The van der Waals surface area contributed by atoms with Crippen molar-refractivity contribution in [1.29, 1.82) is 0 Å². The van der Waals surface area contributed by atoms with Crippen molar-refractivity contribution in [2.45, 2.75) is 13.1 Å². The molecule has 0 aliphatic carbocycles. The fourth-order valence-electron chi connectivity index (χ4n) is 1.38. The van der Waals surface area contributed by atoms with Crippen LogP contribution in [-0.2, 0) is 9.53 Å².